The van der Waals surface area contributed by atoms with E-state index in [1.807, 2.05) is 5.38 Å². The fraction of sp³-hybridized carbons (Fsp3) is 0.273. The lowest BCUT2D eigenvalue weighted by Gasteiger charge is -2.21. The van der Waals surface area contributed by atoms with Gasteiger partial charge in [0.1, 0.15) is 0 Å². The number of anilines is 2. The fourth-order valence-corrected chi connectivity index (χ4v) is 4.34. The quantitative estimate of drug-likeness (QED) is 0.491. The summed E-state index contributed by atoms with van der Waals surface area (Å²) < 4.78 is 39.5. The monoisotopic (exact) mass is 401 g/mol. The van der Waals surface area contributed by atoms with E-state index in [-0.39, 0.29) is 5.69 Å². The smallest absolute Gasteiger partial charge is 0.331 e. The number of nitrogens with one attached hydrogen (secondary N) is 1. The predicted octanol–water partition coefficient (Wildman–Crippen LogP) is 7.43. The van der Waals surface area contributed by atoms with Gasteiger partial charge in [-0.1, -0.05) is 36.4 Å². The summed E-state index contributed by atoms with van der Waals surface area (Å²) in [4.78, 5) is 4.48. The SMILES string of the molecule is FC(F)(F)c1ccccc1Nc1nc(-c2ccc(C3CC[CH]CC3)cc2)cs1. The Bertz CT molecular complexity index is 925. The van der Waals surface area contributed by atoms with Crippen LogP contribution >= 0.6 is 11.3 Å². The van der Waals surface area contributed by atoms with Gasteiger partial charge in [0.15, 0.2) is 5.13 Å². The molecule has 2 nitrogen and oxygen atoms in total. The number of nitrogens with zero attached hydrogens (tertiary/aromatic N) is 1. The van der Waals surface area contributed by atoms with Crippen molar-refractivity contribution >= 4 is 22.2 Å². The van der Waals surface area contributed by atoms with Crippen LogP contribution in [0.3, 0.4) is 0 Å². The second-order valence-electron chi connectivity index (χ2n) is 6.97. The van der Waals surface area contributed by atoms with Crippen LogP contribution in [0.15, 0.2) is 53.9 Å². The van der Waals surface area contributed by atoms with Crippen LogP contribution in [-0.4, -0.2) is 4.98 Å². The summed E-state index contributed by atoms with van der Waals surface area (Å²) in [5.41, 5.74) is 2.41. The molecule has 2 aromatic carbocycles. The van der Waals surface area contributed by atoms with Crippen LogP contribution in [0, 0.1) is 6.42 Å². The molecule has 0 unspecified atom stereocenters. The van der Waals surface area contributed by atoms with Crippen LogP contribution in [0.1, 0.15) is 42.7 Å². The van der Waals surface area contributed by atoms with Crippen LogP contribution < -0.4 is 5.32 Å². The van der Waals surface area contributed by atoms with Crippen molar-refractivity contribution in [3.05, 3.63) is 71.5 Å². The van der Waals surface area contributed by atoms with Gasteiger partial charge in [0.05, 0.1) is 16.9 Å². The lowest BCUT2D eigenvalue weighted by molar-refractivity contribution is -0.136. The molecule has 0 bridgehead atoms. The predicted molar refractivity (Wildman–Crippen MR) is 108 cm³/mol. The summed E-state index contributed by atoms with van der Waals surface area (Å²) in [6, 6.07) is 13.8. The van der Waals surface area contributed by atoms with Gasteiger partial charge in [-0.3, -0.25) is 0 Å². The first-order chi connectivity index (χ1) is 13.5. The molecule has 6 heteroatoms. The largest absolute Gasteiger partial charge is 0.418 e. The van der Waals surface area contributed by atoms with E-state index in [4.69, 9.17) is 0 Å². The number of rotatable bonds is 4. The number of hydrogen-bond acceptors (Lipinski definition) is 3. The Morgan fingerprint density at radius 3 is 2.39 bits per heavy atom. The summed E-state index contributed by atoms with van der Waals surface area (Å²) >= 11 is 1.30. The highest BCUT2D eigenvalue weighted by molar-refractivity contribution is 7.14. The van der Waals surface area contributed by atoms with Gasteiger partial charge in [0.2, 0.25) is 0 Å². The Balaban J connectivity index is 1.51. The van der Waals surface area contributed by atoms with Gasteiger partial charge in [-0.2, -0.15) is 13.2 Å². The van der Waals surface area contributed by atoms with Crippen molar-refractivity contribution in [1.82, 2.24) is 4.98 Å². The highest BCUT2D eigenvalue weighted by Crippen LogP contribution is 2.37. The van der Waals surface area contributed by atoms with Gasteiger partial charge < -0.3 is 5.32 Å². The van der Waals surface area contributed by atoms with Gasteiger partial charge in [-0.05, 0) is 55.7 Å². The van der Waals surface area contributed by atoms with Gasteiger partial charge in [0, 0.05) is 10.9 Å². The molecule has 1 aliphatic carbocycles. The zero-order valence-corrected chi connectivity index (χ0v) is 16.0. The summed E-state index contributed by atoms with van der Waals surface area (Å²) in [7, 11) is 0. The third kappa shape index (κ3) is 4.22. The summed E-state index contributed by atoms with van der Waals surface area (Å²) in [6.45, 7) is 0. The van der Waals surface area contributed by atoms with Gasteiger partial charge in [-0.15, -0.1) is 11.3 Å². The zero-order chi connectivity index (χ0) is 19.6. The van der Waals surface area contributed by atoms with Crippen molar-refractivity contribution < 1.29 is 13.2 Å². The standard InChI is InChI=1S/C22H20F3N2S/c23-22(24,25)18-8-4-5-9-19(18)26-21-27-20(14-28-21)17-12-10-16(11-13-17)15-6-2-1-3-7-15/h1,4-5,8-15H,2-3,6-7H2,(H,26,27). The Kier molecular flexibility index (Phi) is 5.40. The first kappa shape index (κ1) is 19.0. The van der Waals surface area contributed by atoms with E-state index in [0.717, 1.165) is 17.3 Å². The Hall–Kier alpha value is -2.34. The molecule has 1 aromatic heterocycles. The number of thiazole rings is 1. The fourth-order valence-electron chi connectivity index (χ4n) is 3.60. The minimum atomic E-state index is -4.41. The van der Waals surface area contributed by atoms with E-state index in [0.29, 0.717) is 11.0 Å². The first-order valence-corrected chi connectivity index (χ1v) is 10.2. The average Bonchev–Trinajstić information content (AvgIpc) is 3.17. The van der Waals surface area contributed by atoms with E-state index >= 15 is 0 Å². The molecule has 1 fully saturated rings. The topological polar surface area (TPSA) is 24.9 Å². The van der Waals surface area contributed by atoms with Crippen molar-refractivity contribution in [3.63, 3.8) is 0 Å². The lowest BCUT2D eigenvalue weighted by Crippen LogP contribution is -2.08. The second kappa shape index (κ2) is 7.95. The zero-order valence-electron chi connectivity index (χ0n) is 15.2. The molecule has 0 spiro atoms. The molecule has 0 atom stereocenters. The highest BCUT2D eigenvalue weighted by atomic mass is 32.1. The summed E-state index contributed by atoms with van der Waals surface area (Å²) in [5.74, 6) is 0.616. The van der Waals surface area contributed by atoms with Crippen molar-refractivity contribution in [2.45, 2.75) is 37.8 Å². The highest BCUT2D eigenvalue weighted by Gasteiger charge is 2.33. The van der Waals surface area contributed by atoms with Crippen LogP contribution in [0.5, 0.6) is 0 Å². The number of aromatic nitrogens is 1. The van der Waals surface area contributed by atoms with Gasteiger partial charge in [0.25, 0.3) is 0 Å². The van der Waals surface area contributed by atoms with Crippen molar-refractivity contribution in [2.24, 2.45) is 0 Å². The molecule has 1 N–H and O–H groups in total. The van der Waals surface area contributed by atoms with E-state index in [1.165, 1.54) is 54.7 Å². The van der Waals surface area contributed by atoms with Crippen LogP contribution in [0.2, 0.25) is 0 Å². The Morgan fingerprint density at radius 1 is 0.964 bits per heavy atom. The molecule has 1 radical (unpaired) electrons. The van der Waals surface area contributed by atoms with E-state index < -0.39 is 11.7 Å². The lowest BCUT2D eigenvalue weighted by atomic mass is 9.84. The number of alkyl halides is 3. The normalized spacial score (nSPS) is 15.5. The van der Waals surface area contributed by atoms with Crippen LogP contribution in [-0.2, 0) is 6.18 Å². The molecule has 1 heterocycles. The maximum Gasteiger partial charge on any atom is 0.418 e. The van der Waals surface area contributed by atoms with E-state index in [1.54, 1.807) is 6.07 Å². The molecule has 3 aromatic rings. The molecule has 0 saturated heterocycles. The Labute approximate surface area is 166 Å². The van der Waals surface area contributed by atoms with E-state index in [2.05, 4.69) is 41.0 Å². The van der Waals surface area contributed by atoms with Crippen LogP contribution in [0.25, 0.3) is 11.3 Å². The third-order valence-electron chi connectivity index (χ3n) is 5.09. The maximum absolute atomic E-state index is 13.2. The van der Waals surface area contributed by atoms with Crippen molar-refractivity contribution in [1.29, 1.82) is 0 Å². The first-order valence-electron chi connectivity index (χ1n) is 9.31. The average molecular weight is 401 g/mol. The third-order valence-corrected chi connectivity index (χ3v) is 5.85. The summed E-state index contributed by atoms with van der Waals surface area (Å²) in [5, 5.41) is 5.12. The second-order valence-corrected chi connectivity index (χ2v) is 7.83. The molecular formula is C22H20F3N2S. The van der Waals surface area contributed by atoms with Gasteiger partial charge in [-0.25, -0.2) is 4.98 Å². The van der Waals surface area contributed by atoms with E-state index in [9.17, 15) is 13.2 Å². The number of benzene rings is 2. The minimum Gasteiger partial charge on any atom is -0.331 e. The summed E-state index contributed by atoms with van der Waals surface area (Å²) in [6.07, 6.45) is 2.69. The van der Waals surface area contributed by atoms with Crippen molar-refractivity contribution in [3.8, 4) is 11.3 Å². The Morgan fingerprint density at radius 2 is 1.68 bits per heavy atom. The molecule has 4 rings (SSSR count). The maximum atomic E-state index is 13.2. The minimum absolute atomic E-state index is 0.0142. The van der Waals surface area contributed by atoms with Gasteiger partial charge >= 0.3 is 6.18 Å². The molecular weight excluding hydrogens is 381 g/mol. The molecule has 1 saturated carbocycles. The molecule has 28 heavy (non-hydrogen) atoms. The van der Waals surface area contributed by atoms with Crippen molar-refractivity contribution in [2.75, 3.05) is 5.32 Å². The molecule has 145 valence electrons. The molecule has 0 aliphatic heterocycles. The molecule has 1 aliphatic rings. The molecule has 0 amide bonds. The van der Waals surface area contributed by atoms with Crippen LogP contribution in [0.4, 0.5) is 24.0 Å². The number of halogens is 3. The number of para-hydroxylation sites is 1. The number of hydrogen-bond donors (Lipinski definition) is 1.